The molecule has 0 spiro atoms. The van der Waals surface area contributed by atoms with Crippen LogP contribution >= 0.6 is 23.1 Å². The number of amides is 2. The highest BCUT2D eigenvalue weighted by Crippen LogP contribution is 2.31. The largest absolute Gasteiger partial charge is 0.472 e. The first-order valence-electron chi connectivity index (χ1n) is 8.94. The number of nitriles is 1. The minimum absolute atomic E-state index is 0.0163. The fraction of sp³-hybridized carbons (Fsp3) is 0.444. The molecule has 3 heterocycles. The summed E-state index contributed by atoms with van der Waals surface area (Å²) < 4.78 is 9.09. The molecular weight excluding hydrogens is 402 g/mol. The van der Waals surface area contributed by atoms with Gasteiger partial charge in [0.15, 0.2) is 5.15 Å². The van der Waals surface area contributed by atoms with Gasteiger partial charge < -0.3 is 19.5 Å². The zero-order valence-corrected chi connectivity index (χ0v) is 16.8. The highest BCUT2D eigenvalue weighted by atomic mass is 35.5. The fourth-order valence-corrected chi connectivity index (χ4v) is 4.07. The van der Waals surface area contributed by atoms with E-state index in [4.69, 9.17) is 16.0 Å². The summed E-state index contributed by atoms with van der Waals surface area (Å²) in [5, 5.41) is 13.0. The van der Waals surface area contributed by atoms with Gasteiger partial charge in [-0.1, -0.05) is 11.6 Å². The molecule has 10 heteroatoms. The van der Waals surface area contributed by atoms with Crippen LogP contribution in [-0.4, -0.2) is 53.8 Å². The second-order valence-corrected chi connectivity index (χ2v) is 7.47. The second-order valence-electron chi connectivity index (χ2n) is 6.36. The fourth-order valence-electron chi connectivity index (χ4n) is 2.99. The van der Waals surface area contributed by atoms with Crippen LogP contribution in [0.3, 0.4) is 0 Å². The number of nitrogens with one attached hydrogen (secondary N) is 1. The summed E-state index contributed by atoms with van der Waals surface area (Å²) in [4.78, 5) is 28.4. The van der Waals surface area contributed by atoms with Crippen LogP contribution in [-0.2, 0) is 16.0 Å². The summed E-state index contributed by atoms with van der Waals surface area (Å²) in [5.74, 6) is -0.116. The predicted molar refractivity (Wildman–Crippen MR) is 105 cm³/mol. The van der Waals surface area contributed by atoms with Crippen molar-refractivity contribution in [1.29, 1.82) is 5.26 Å². The molecule has 0 atom stereocenters. The lowest BCUT2D eigenvalue weighted by molar-refractivity contribution is -0.131. The van der Waals surface area contributed by atoms with Crippen LogP contribution in [0.5, 0.6) is 0 Å². The number of nitrogens with zero attached hydrogens (tertiary/aromatic N) is 4. The van der Waals surface area contributed by atoms with Crippen LogP contribution in [0, 0.1) is 11.3 Å². The Hall–Kier alpha value is -2.57. The standard InChI is InChI=1S/C18H20ClN5O3S/c19-17-14(11-20)18(28-22-17)24-7-5-21-15(25)3-6-23(8-9-24)16(26)2-1-13-4-10-27-12-13/h4,10,12H,1-3,5-9H2,(H,21,25). The first-order chi connectivity index (χ1) is 13.6. The number of aromatic nitrogens is 1. The Kier molecular flexibility index (Phi) is 6.90. The van der Waals surface area contributed by atoms with Crippen molar-refractivity contribution in [3.8, 4) is 6.07 Å². The molecule has 2 aromatic rings. The van der Waals surface area contributed by atoms with Gasteiger partial charge in [0.05, 0.1) is 12.5 Å². The van der Waals surface area contributed by atoms with Crippen molar-refractivity contribution in [1.82, 2.24) is 14.6 Å². The van der Waals surface area contributed by atoms with E-state index in [1.807, 2.05) is 11.0 Å². The Bertz CT molecular complexity index is 861. The van der Waals surface area contributed by atoms with Crippen LogP contribution in [0.1, 0.15) is 24.0 Å². The third-order valence-corrected chi connectivity index (χ3v) is 5.83. The van der Waals surface area contributed by atoms with Crippen LogP contribution in [0.2, 0.25) is 5.15 Å². The molecule has 1 saturated heterocycles. The number of furan rings is 1. The van der Waals surface area contributed by atoms with Gasteiger partial charge >= 0.3 is 0 Å². The Morgan fingerprint density at radius 2 is 2.25 bits per heavy atom. The number of halogens is 1. The molecule has 28 heavy (non-hydrogen) atoms. The lowest BCUT2D eigenvalue weighted by atomic mass is 10.1. The third kappa shape index (κ3) is 5.03. The van der Waals surface area contributed by atoms with Crippen molar-refractivity contribution >= 4 is 39.9 Å². The molecule has 0 aliphatic carbocycles. The lowest BCUT2D eigenvalue weighted by Crippen LogP contribution is -2.45. The zero-order chi connectivity index (χ0) is 19.9. The molecule has 0 unspecified atom stereocenters. The molecule has 8 nitrogen and oxygen atoms in total. The van der Waals surface area contributed by atoms with E-state index < -0.39 is 0 Å². The average molecular weight is 422 g/mol. The quantitative estimate of drug-likeness (QED) is 0.810. The van der Waals surface area contributed by atoms with E-state index in [1.54, 1.807) is 17.4 Å². The van der Waals surface area contributed by atoms with Crippen LogP contribution < -0.4 is 10.2 Å². The molecule has 0 radical (unpaired) electrons. The molecule has 1 N–H and O–H groups in total. The van der Waals surface area contributed by atoms with Crippen molar-refractivity contribution in [2.45, 2.75) is 19.3 Å². The van der Waals surface area contributed by atoms with Gasteiger partial charge in [-0.25, -0.2) is 0 Å². The maximum atomic E-state index is 12.7. The van der Waals surface area contributed by atoms with Crippen LogP contribution in [0.4, 0.5) is 5.00 Å². The summed E-state index contributed by atoms with van der Waals surface area (Å²) in [6.45, 7) is 2.31. The highest BCUT2D eigenvalue weighted by molar-refractivity contribution is 7.10. The molecule has 3 rings (SSSR count). The van der Waals surface area contributed by atoms with E-state index in [0.717, 1.165) is 17.1 Å². The molecular formula is C18H20ClN5O3S. The van der Waals surface area contributed by atoms with E-state index in [0.29, 0.717) is 56.1 Å². The molecule has 1 aliphatic heterocycles. The minimum atomic E-state index is -0.0997. The molecule has 1 fully saturated rings. The van der Waals surface area contributed by atoms with Crippen LogP contribution in [0.25, 0.3) is 0 Å². The third-order valence-electron chi connectivity index (χ3n) is 4.54. The maximum Gasteiger partial charge on any atom is 0.222 e. The predicted octanol–water partition coefficient (Wildman–Crippen LogP) is 2.05. The second kappa shape index (κ2) is 9.57. The van der Waals surface area contributed by atoms with E-state index >= 15 is 0 Å². The summed E-state index contributed by atoms with van der Waals surface area (Å²) in [6, 6.07) is 3.92. The summed E-state index contributed by atoms with van der Waals surface area (Å²) in [7, 11) is 0. The Morgan fingerprint density at radius 3 is 3.00 bits per heavy atom. The molecule has 0 bridgehead atoms. The number of aryl methyl sites for hydroxylation is 1. The van der Waals surface area contributed by atoms with Crippen molar-refractivity contribution in [3.05, 3.63) is 34.9 Å². The SMILES string of the molecule is N#Cc1c(Cl)nsc1N1CCNC(=O)CCN(C(=O)CCc2ccoc2)CC1. The zero-order valence-electron chi connectivity index (χ0n) is 15.2. The first kappa shape index (κ1) is 20.2. The van der Waals surface area contributed by atoms with Gasteiger partial charge in [0.2, 0.25) is 11.8 Å². The van der Waals surface area contributed by atoms with Crippen molar-refractivity contribution < 1.29 is 14.0 Å². The number of hydrogen-bond donors (Lipinski definition) is 1. The number of rotatable bonds is 4. The normalized spacial score (nSPS) is 15.8. The van der Waals surface area contributed by atoms with Gasteiger partial charge in [-0.15, -0.1) is 0 Å². The van der Waals surface area contributed by atoms with Crippen molar-refractivity contribution in [2.24, 2.45) is 0 Å². The Labute approximate surface area is 171 Å². The smallest absolute Gasteiger partial charge is 0.222 e. The summed E-state index contributed by atoms with van der Waals surface area (Å²) in [6.07, 6.45) is 4.41. The van der Waals surface area contributed by atoms with Crippen LogP contribution in [0.15, 0.2) is 23.0 Å². The Balaban J connectivity index is 1.70. The Morgan fingerprint density at radius 1 is 1.39 bits per heavy atom. The van der Waals surface area contributed by atoms with E-state index in [2.05, 4.69) is 15.8 Å². The van der Waals surface area contributed by atoms with E-state index in [-0.39, 0.29) is 23.4 Å². The van der Waals surface area contributed by atoms with Gasteiger partial charge in [0, 0.05) is 45.6 Å². The van der Waals surface area contributed by atoms with E-state index in [1.165, 1.54) is 0 Å². The molecule has 1 aliphatic rings. The van der Waals surface area contributed by atoms with Gasteiger partial charge in [-0.2, -0.15) is 9.64 Å². The number of hydrogen-bond acceptors (Lipinski definition) is 7. The molecule has 2 aromatic heterocycles. The summed E-state index contributed by atoms with van der Waals surface area (Å²) in [5.41, 5.74) is 1.29. The first-order valence-corrected chi connectivity index (χ1v) is 10.1. The van der Waals surface area contributed by atoms with Gasteiger partial charge in [-0.3, -0.25) is 9.59 Å². The molecule has 0 saturated carbocycles. The molecule has 0 aromatic carbocycles. The summed E-state index contributed by atoms with van der Waals surface area (Å²) >= 11 is 7.15. The number of carbonyl (C=O) groups excluding carboxylic acids is 2. The number of carbonyl (C=O) groups is 2. The minimum Gasteiger partial charge on any atom is -0.472 e. The molecule has 2 amide bonds. The highest BCUT2D eigenvalue weighted by Gasteiger charge is 2.22. The lowest BCUT2D eigenvalue weighted by Gasteiger charge is -2.30. The topological polar surface area (TPSA) is 102 Å². The molecule has 148 valence electrons. The number of anilines is 1. The van der Waals surface area contributed by atoms with Gasteiger partial charge in [-0.05, 0) is 29.6 Å². The van der Waals surface area contributed by atoms with E-state index in [9.17, 15) is 14.9 Å². The van der Waals surface area contributed by atoms with Crippen molar-refractivity contribution in [2.75, 3.05) is 37.6 Å². The van der Waals surface area contributed by atoms with Gasteiger partial charge in [0.1, 0.15) is 16.6 Å². The maximum absolute atomic E-state index is 12.7. The van der Waals surface area contributed by atoms with Gasteiger partial charge in [0.25, 0.3) is 0 Å². The average Bonchev–Trinajstić information content (AvgIpc) is 3.34. The van der Waals surface area contributed by atoms with Crippen molar-refractivity contribution in [3.63, 3.8) is 0 Å². The monoisotopic (exact) mass is 421 g/mol.